The molecule has 106 valence electrons. The van der Waals surface area contributed by atoms with E-state index in [9.17, 15) is 9.18 Å². The monoisotopic (exact) mass is 296 g/mol. The molecular weight excluding hydrogens is 283 g/mol. The van der Waals surface area contributed by atoms with E-state index in [0.29, 0.717) is 36.4 Å². The van der Waals surface area contributed by atoms with Crippen LogP contribution in [0.25, 0.3) is 11.0 Å². The number of halogens is 2. The first-order valence-corrected chi connectivity index (χ1v) is 6.71. The molecule has 0 radical (unpaired) electrons. The van der Waals surface area contributed by atoms with Crippen molar-refractivity contribution in [3.05, 3.63) is 23.0 Å². The minimum Gasteiger partial charge on any atom is -0.369 e. The van der Waals surface area contributed by atoms with Crippen molar-refractivity contribution < 1.29 is 9.18 Å². The second-order valence-corrected chi connectivity index (χ2v) is 5.47. The van der Waals surface area contributed by atoms with E-state index >= 15 is 0 Å². The highest BCUT2D eigenvalue weighted by molar-refractivity contribution is 6.31. The molecule has 1 unspecified atom stereocenters. The first kappa shape index (κ1) is 13.2. The minimum atomic E-state index is -0.514. The Morgan fingerprint density at radius 2 is 2.25 bits per heavy atom. The van der Waals surface area contributed by atoms with Gasteiger partial charge in [0.15, 0.2) is 0 Å². The Morgan fingerprint density at radius 3 is 2.95 bits per heavy atom. The number of imidazole rings is 1. The lowest BCUT2D eigenvalue weighted by Crippen LogP contribution is -2.38. The zero-order chi connectivity index (χ0) is 14.4. The van der Waals surface area contributed by atoms with E-state index < -0.39 is 5.82 Å². The molecule has 2 heterocycles. The summed E-state index contributed by atoms with van der Waals surface area (Å²) < 4.78 is 15.3. The van der Waals surface area contributed by atoms with Gasteiger partial charge >= 0.3 is 0 Å². The number of anilines is 1. The normalized spacial score (nSPS) is 19.9. The van der Waals surface area contributed by atoms with Crippen LogP contribution in [0.4, 0.5) is 10.3 Å². The number of amides is 1. The lowest BCUT2D eigenvalue weighted by atomic mass is 10.1. The van der Waals surface area contributed by atoms with E-state index in [4.69, 9.17) is 17.3 Å². The minimum absolute atomic E-state index is 0.0317. The molecule has 20 heavy (non-hydrogen) atoms. The van der Waals surface area contributed by atoms with E-state index in [0.717, 1.165) is 0 Å². The number of benzene rings is 1. The molecule has 0 saturated carbocycles. The number of carbonyl (C=O) groups excluding carboxylic acids is 1. The van der Waals surface area contributed by atoms with Crippen LogP contribution in [-0.4, -0.2) is 34.0 Å². The van der Waals surface area contributed by atoms with Crippen LogP contribution in [0.15, 0.2) is 12.1 Å². The van der Waals surface area contributed by atoms with Crippen molar-refractivity contribution in [3.8, 4) is 0 Å². The number of fused-ring (bicyclic) bond motifs is 1. The summed E-state index contributed by atoms with van der Waals surface area (Å²) in [4.78, 5) is 17.4. The highest BCUT2D eigenvalue weighted by atomic mass is 35.5. The van der Waals surface area contributed by atoms with Crippen LogP contribution in [0.1, 0.15) is 18.9 Å². The quantitative estimate of drug-likeness (QED) is 0.877. The molecule has 0 bridgehead atoms. The smallest absolute Gasteiger partial charge is 0.222 e. The summed E-state index contributed by atoms with van der Waals surface area (Å²) in [5, 5.41) is 0.0406. The van der Waals surface area contributed by atoms with Crippen molar-refractivity contribution in [1.82, 2.24) is 14.5 Å². The van der Waals surface area contributed by atoms with E-state index in [1.54, 1.807) is 11.9 Å². The highest BCUT2D eigenvalue weighted by Gasteiger charge is 2.27. The number of nitrogens with zero attached hydrogens (tertiary/aromatic N) is 3. The lowest BCUT2D eigenvalue weighted by molar-refractivity contribution is -0.132. The van der Waals surface area contributed by atoms with Gasteiger partial charge in [0.05, 0.1) is 22.1 Å². The Balaban J connectivity index is 2.09. The van der Waals surface area contributed by atoms with Crippen LogP contribution in [-0.2, 0) is 4.79 Å². The molecule has 0 aliphatic carbocycles. The number of likely N-dealkylation sites (tertiary alicyclic amines) is 1. The van der Waals surface area contributed by atoms with Crippen LogP contribution >= 0.6 is 11.6 Å². The van der Waals surface area contributed by atoms with E-state index in [1.165, 1.54) is 12.1 Å². The van der Waals surface area contributed by atoms with Crippen molar-refractivity contribution in [2.75, 3.05) is 19.3 Å². The molecule has 1 aromatic heterocycles. The molecule has 0 spiro atoms. The van der Waals surface area contributed by atoms with Crippen molar-refractivity contribution in [3.63, 3.8) is 0 Å². The molecule has 1 atom stereocenters. The Bertz CT molecular complexity index is 699. The largest absolute Gasteiger partial charge is 0.369 e. The summed E-state index contributed by atoms with van der Waals surface area (Å²) >= 11 is 5.84. The summed E-state index contributed by atoms with van der Waals surface area (Å²) in [5.74, 6) is -0.0810. The fourth-order valence-corrected chi connectivity index (χ4v) is 2.85. The second kappa shape index (κ2) is 4.63. The molecule has 7 heteroatoms. The van der Waals surface area contributed by atoms with Crippen LogP contribution in [0.5, 0.6) is 0 Å². The average molecular weight is 297 g/mol. The molecule has 2 aromatic rings. The Labute approximate surface area is 120 Å². The SMILES string of the molecule is CN1CC(n2c(N)nc3cc(F)c(Cl)cc32)CCC1=O. The Kier molecular flexibility index (Phi) is 3.05. The summed E-state index contributed by atoms with van der Waals surface area (Å²) in [6.07, 6.45) is 1.16. The zero-order valence-corrected chi connectivity index (χ0v) is 11.7. The van der Waals surface area contributed by atoms with Crippen molar-refractivity contribution >= 4 is 34.5 Å². The Hall–Kier alpha value is -1.82. The number of piperidine rings is 1. The molecule has 1 aliphatic heterocycles. The third-order valence-corrected chi connectivity index (χ3v) is 4.02. The predicted octanol–water partition coefficient (Wildman–Crippen LogP) is 2.20. The van der Waals surface area contributed by atoms with Gasteiger partial charge in [-0.05, 0) is 12.5 Å². The fourth-order valence-electron chi connectivity index (χ4n) is 2.69. The van der Waals surface area contributed by atoms with Gasteiger partial charge in [0.1, 0.15) is 5.82 Å². The van der Waals surface area contributed by atoms with Crippen molar-refractivity contribution in [2.24, 2.45) is 0 Å². The fraction of sp³-hybridized carbons (Fsp3) is 0.385. The van der Waals surface area contributed by atoms with Gasteiger partial charge in [-0.15, -0.1) is 0 Å². The summed E-state index contributed by atoms with van der Waals surface area (Å²) in [5.41, 5.74) is 7.12. The molecule has 1 amide bonds. The molecule has 2 N–H and O–H groups in total. The number of aromatic nitrogens is 2. The van der Waals surface area contributed by atoms with Crippen LogP contribution in [0.2, 0.25) is 5.02 Å². The van der Waals surface area contributed by atoms with E-state index in [2.05, 4.69) is 4.98 Å². The van der Waals surface area contributed by atoms with Crippen LogP contribution < -0.4 is 5.73 Å². The Morgan fingerprint density at radius 1 is 1.50 bits per heavy atom. The molecule has 1 saturated heterocycles. The molecule has 1 aliphatic rings. The van der Waals surface area contributed by atoms with Gasteiger partial charge in [-0.1, -0.05) is 11.6 Å². The second-order valence-electron chi connectivity index (χ2n) is 5.06. The number of nitrogen functional groups attached to an aromatic ring is 1. The van der Waals surface area contributed by atoms with E-state index in [1.807, 2.05) is 4.57 Å². The maximum Gasteiger partial charge on any atom is 0.222 e. The maximum absolute atomic E-state index is 13.5. The number of nitrogens with two attached hydrogens (primary N) is 1. The topological polar surface area (TPSA) is 64.2 Å². The van der Waals surface area contributed by atoms with Gasteiger partial charge in [-0.25, -0.2) is 9.37 Å². The summed E-state index contributed by atoms with van der Waals surface area (Å²) in [6.45, 7) is 0.559. The van der Waals surface area contributed by atoms with Gasteiger partial charge in [-0.2, -0.15) is 0 Å². The molecule has 3 rings (SSSR count). The number of hydrogen-bond acceptors (Lipinski definition) is 3. The number of likely N-dealkylation sites (N-methyl/N-ethyl adjacent to an activating group) is 1. The first-order chi connectivity index (χ1) is 9.47. The number of carbonyl (C=O) groups is 1. The van der Waals surface area contributed by atoms with Gasteiger partial charge in [0.2, 0.25) is 11.9 Å². The van der Waals surface area contributed by atoms with Crippen molar-refractivity contribution in [1.29, 1.82) is 0 Å². The van der Waals surface area contributed by atoms with Crippen LogP contribution in [0, 0.1) is 5.82 Å². The lowest BCUT2D eigenvalue weighted by Gasteiger charge is -2.31. The maximum atomic E-state index is 13.5. The third kappa shape index (κ3) is 2.00. The van der Waals surface area contributed by atoms with E-state index in [-0.39, 0.29) is 17.0 Å². The first-order valence-electron chi connectivity index (χ1n) is 6.34. The third-order valence-electron chi connectivity index (χ3n) is 3.73. The molecular formula is C13H14ClFN4O. The zero-order valence-electron chi connectivity index (χ0n) is 10.9. The van der Waals surface area contributed by atoms with Gasteiger partial charge in [0.25, 0.3) is 0 Å². The van der Waals surface area contributed by atoms with Crippen molar-refractivity contribution in [2.45, 2.75) is 18.9 Å². The molecule has 1 aromatic carbocycles. The molecule has 1 fully saturated rings. The highest BCUT2D eigenvalue weighted by Crippen LogP contribution is 2.31. The predicted molar refractivity (Wildman–Crippen MR) is 75.0 cm³/mol. The average Bonchev–Trinajstić information content (AvgIpc) is 2.69. The molecule has 5 nitrogen and oxygen atoms in total. The standard InChI is InChI=1S/C13H14ClFN4O/c1-18-6-7(2-3-12(18)20)19-11-4-8(14)9(15)5-10(11)17-13(19)16/h4-5,7H,2-3,6H2,1H3,(H2,16,17). The van der Waals surface area contributed by atoms with Crippen LogP contribution in [0.3, 0.4) is 0 Å². The number of hydrogen-bond donors (Lipinski definition) is 1. The number of rotatable bonds is 1. The van der Waals surface area contributed by atoms with Gasteiger partial charge in [-0.3, -0.25) is 4.79 Å². The van der Waals surface area contributed by atoms with Gasteiger partial charge < -0.3 is 15.2 Å². The summed E-state index contributed by atoms with van der Waals surface area (Å²) in [7, 11) is 1.76. The summed E-state index contributed by atoms with van der Waals surface area (Å²) in [6, 6.07) is 2.85. The van der Waals surface area contributed by atoms with Gasteiger partial charge in [0, 0.05) is 26.1 Å².